The summed E-state index contributed by atoms with van der Waals surface area (Å²) < 4.78 is 0. The van der Waals surface area contributed by atoms with Crippen LogP contribution in [-0.2, 0) is 0 Å². The molecule has 0 aromatic heterocycles. The fourth-order valence-corrected chi connectivity index (χ4v) is 6.71. The zero-order valence-electron chi connectivity index (χ0n) is 26.5. The molecule has 228 valence electrons. The second-order valence-corrected chi connectivity index (χ2v) is 12.1. The Kier molecular flexibility index (Phi) is 7.92. The molecule has 0 saturated heterocycles. The van der Waals surface area contributed by atoms with E-state index in [9.17, 15) is 0 Å². The van der Waals surface area contributed by atoms with Gasteiger partial charge in [-0.2, -0.15) is 0 Å². The first-order valence-corrected chi connectivity index (χ1v) is 16.4. The Morgan fingerprint density at radius 1 is 0.479 bits per heavy atom. The van der Waals surface area contributed by atoms with Crippen molar-refractivity contribution < 1.29 is 0 Å². The molecule has 0 amide bonds. The summed E-state index contributed by atoms with van der Waals surface area (Å²) in [6, 6.07) is 61.5. The lowest BCUT2D eigenvalue weighted by molar-refractivity contribution is 0.911. The fraction of sp³-hybridized carbons (Fsp3) is 0.0217. The van der Waals surface area contributed by atoms with Crippen molar-refractivity contribution in [3.05, 3.63) is 199 Å². The maximum atomic E-state index is 6.93. The molecule has 0 saturated carbocycles. The van der Waals surface area contributed by atoms with E-state index < -0.39 is 0 Å². The molecule has 2 N–H and O–H groups in total. The summed E-state index contributed by atoms with van der Waals surface area (Å²) in [5.74, 6) is 0. The molecular weight excluding hydrogens is 581 g/mol. The highest BCUT2D eigenvalue weighted by Crippen LogP contribution is 2.37. The van der Waals surface area contributed by atoms with Gasteiger partial charge in [-0.05, 0) is 78.3 Å². The first-order valence-electron chi connectivity index (χ1n) is 16.4. The molecule has 0 fully saturated rings. The van der Waals surface area contributed by atoms with Crippen molar-refractivity contribution in [3.8, 4) is 22.3 Å². The molecule has 2 nitrogen and oxygen atoms in total. The van der Waals surface area contributed by atoms with E-state index in [0.717, 1.165) is 50.0 Å². The predicted octanol–water partition coefficient (Wildman–Crippen LogP) is 11.6. The van der Waals surface area contributed by atoms with E-state index in [2.05, 4.69) is 164 Å². The van der Waals surface area contributed by atoms with E-state index in [4.69, 9.17) is 10.7 Å². The minimum Gasteiger partial charge on any atom is -0.321 e. The van der Waals surface area contributed by atoms with Crippen molar-refractivity contribution in [2.45, 2.75) is 6.04 Å². The smallest absolute Gasteiger partial charge is 0.0687 e. The molecule has 0 heterocycles. The Morgan fingerprint density at radius 2 is 1.10 bits per heavy atom. The van der Waals surface area contributed by atoms with Gasteiger partial charge in [0, 0.05) is 17.3 Å². The van der Waals surface area contributed by atoms with Gasteiger partial charge in [0.15, 0.2) is 0 Å². The molecule has 0 radical (unpaired) electrons. The standard InChI is InChI=1S/C46H34N2/c47-45(35-19-8-3-9-20-35)30-46(43-28-36(32-14-4-1-5-15-32)25-26-40(43)33-16-6-2-7-17-33)48-31-44-39-23-13-11-21-37(39)29-42-38-22-12-10-18-34(38)24-27-41(42)44/h1-31,45H,47H2/b46-30-,48-31+. The quantitative estimate of drug-likeness (QED) is 0.108. The largest absolute Gasteiger partial charge is 0.321 e. The Bertz CT molecular complexity index is 2440. The van der Waals surface area contributed by atoms with Crippen LogP contribution in [0.1, 0.15) is 22.7 Å². The van der Waals surface area contributed by atoms with Crippen LogP contribution in [0.3, 0.4) is 0 Å². The van der Waals surface area contributed by atoms with Crippen LogP contribution in [0.25, 0.3) is 60.3 Å². The average Bonchev–Trinajstić information content (AvgIpc) is 3.16. The van der Waals surface area contributed by atoms with Crippen molar-refractivity contribution in [1.29, 1.82) is 0 Å². The van der Waals surface area contributed by atoms with Gasteiger partial charge in [0.2, 0.25) is 0 Å². The van der Waals surface area contributed by atoms with Crippen LogP contribution >= 0.6 is 0 Å². The summed E-state index contributed by atoms with van der Waals surface area (Å²) in [6.45, 7) is 0. The van der Waals surface area contributed by atoms with Gasteiger partial charge in [-0.15, -0.1) is 0 Å². The second-order valence-electron chi connectivity index (χ2n) is 12.1. The lowest BCUT2D eigenvalue weighted by Crippen LogP contribution is -2.08. The summed E-state index contributed by atoms with van der Waals surface area (Å²) >= 11 is 0. The van der Waals surface area contributed by atoms with Crippen LogP contribution in [-0.4, -0.2) is 6.21 Å². The second kappa shape index (κ2) is 13.0. The van der Waals surface area contributed by atoms with Gasteiger partial charge in [0.05, 0.1) is 11.7 Å². The van der Waals surface area contributed by atoms with Crippen molar-refractivity contribution >= 4 is 44.2 Å². The highest BCUT2D eigenvalue weighted by molar-refractivity contribution is 6.20. The molecule has 1 unspecified atom stereocenters. The molecule has 8 aromatic rings. The Morgan fingerprint density at radius 3 is 1.85 bits per heavy atom. The maximum absolute atomic E-state index is 6.93. The molecule has 8 aromatic carbocycles. The Labute approximate surface area is 281 Å². The molecule has 0 aliphatic heterocycles. The van der Waals surface area contributed by atoms with Gasteiger partial charge < -0.3 is 5.73 Å². The minimum absolute atomic E-state index is 0.351. The number of fused-ring (bicyclic) bond motifs is 4. The molecule has 0 spiro atoms. The molecular formula is C46H34N2. The van der Waals surface area contributed by atoms with E-state index in [1.54, 1.807) is 0 Å². The lowest BCUT2D eigenvalue weighted by atomic mass is 9.92. The average molecular weight is 615 g/mol. The molecule has 0 aliphatic carbocycles. The predicted molar refractivity (Wildman–Crippen MR) is 205 cm³/mol. The molecule has 2 heteroatoms. The third kappa shape index (κ3) is 5.71. The normalized spacial score (nSPS) is 12.6. The SMILES string of the molecule is NC(/C=C(\N=C\c1c2ccccc2cc2c1ccc1ccccc12)c1cc(-c2ccccc2)ccc1-c1ccccc1)c1ccccc1. The molecule has 0 aliphatic rings. The Hall–Kier alpha value is -6.09. The van der Waals surface area contributed by atoms with E-state index in [1.165, 1.54) is 26.9 Å². The number of benzene rings is 8. The zero-order chi connectivity index (χ0) is 32.3. The summed E-state index contributed by atoms with van der Waals surface area (Å²) in [5.41, 5.74) is 15.4. The summed E-state index contributed by atoms with van der Waals surface area (Å²) in [6.07, 6.45) is 4.15. The van der Waals surface area contributed by atoms with Gasteiger partial charge in [-0.1, -0.05) is 164 Å². The fourth-order valence-electron chi connectivity index (χ4n) is 6.71. The third-order valence-corrected chi connectivity index (χ3v) is 9.15. The molecule has 1 atom stereocenters. The number of aliphatic imine (C=N–C) groups is 1. The van der Waals surface area contributed by atoms with E-state index in [1.807, 2.05) is 24.4 Å². The number of nitrogens with two attached hydrogens (primary N) is 1. The lowest BCUT2D eigenvalue weighted by Gasteiger charge is -2.16. The van der Waals surface area contributed by atoms with Crippen molar-refractivity contribution in [1.82, 2.24) is 0 Å². The zero-order valence-corrected chi connectivity index (χ0v) is 26.5. The number of hydrogen-bond donors (Lipinski definition) is 1. The van der Waals surface area contributed by atoms with Crippen LogP contribution in [0.5, 0.6) is 0 Å². The molecule has 8 rings (SSSR count). The minimum atomic E-state index is -0.351. The third-order valence-electron chi connectivity index (χ3n) is 9.15. The van der Waals surface area contributed by atoms with Gasteiger partial charge in [-0.3, -0.25) is 4.99 Å². The van der Waals surface area contributed by atoms with Crippen LogP contribution in [0.2, 0.25) is 0 Å². The highest BCUT2D eigenvalue weighted by Gasteiger charge is 2.15. The molecule has 0 bridgehead atoms. The summed E-state index contributed by atoms with van der Waals surface area (Å²) in [7, 11) is 0. The number of rotatable bonds is 7. The summed E-state index contributed by atoms with van der Waals surface area (Å²) in [5, 5.41) is 7.20. The van der Waals surface area contributed by atoms with Gasteiger partial charge in [0.1, 0.15) is 0 Å². The van der Waals surface area contributed by atoms with Crippen LogP contribution in [0.4, 0.5) is 0 Å². The summed E-state index contributed by atoms with van der Waals surface area (Å²) in [4.78, 5) is 5.39. The molecule has 48 heavy (non-hydrogen) atoms. The van der Waals surface area contributed by atoms with Gasteiger partial charge >= 0.3 is 0 Å². The van der Waals surface area contributed by atoms with Crippen molar-refractivity contribution in [2.75, 3.05) is 0 Å². The van der Waals surface area contributed by atoms with Gasteiger partial charge in [-0.25, -0.2) is 0 Å². The van der Waals surface area contributed by atoms with Crippen LogP contribution < -0.4 is 5.73 Å². The Balaban J connectivity index is 1.38. The van der Waals surface area contributed by atoms with Crippen molar-refractivity contribution in [3.63, 3.8) is 0 Å². The van der Waals surface area contributed by atoms with Crippen molar-refractivity contribution in [2.24, 2.45) is 10.7 Å². The van der Waals surface area contributed by atoms with Crippen LogP contribution in [0, 0.1) is 0 Å². The first kappa shape index (κ1) is 29.3. The van der Waals surface area contributed by atoms with E-state index in [-0.39, 0.29) is 6.04 Å². The topological polar surface area (TPSA) is 38.4 Å². The van der Waals surface area contributed by atoms with Crippen LogP contribution in [0.15, 0.2) is 187 Å². The maximum Gasteiger partial charge on any atom is 0.0687 e. The van der Waals surface area contributed by atoms with Gasteiger partial charge in [0.25, 0.3) is 0 Å². The monoisotopic (exact) mass is 614 g/mol. The number of nitrogens with zero attached hydrogens (tertiary/aromatic N) is 1. The first-order chi connectivity index (χ1) is 23.7. The highest BCUT2D eigenvalue weighted by atomic mass is 14.7. The van der Waals surface area contributed by atoms with E-state index >= 15 is 0 Å². The number of hydrogen-bond acceptors (Lipinski definition) is 2. The van der Waals surface area contributed by atoms with E-state index in [0.29, 0.717) is 0 Å².